The maximum absolute atomic E-state index is 12.1. The number of hydrogen-bond donors (Lipinski definition) is 2. The SMILES string of the molecule is Cc1ccccc1C[C@H](O)/C=C/[C@H]1CCC(=O)N1CCCCCCC(=O)O. The van der Waals surface area contributed by atoms with E-state index in [0.29, 0.717) is 25.8 Å². The normalized spacial score (nSPS) is 18.4. The van der Waals surface area contributed by atoms with Gasteiger partial charge in [0, 0.05) is 25.8 Å². The van der Waals surface area contributed by atoms with Gasteiger partial charge >= 0.3 is 5.97 Å². The number of carboxylic acid groups (broad SMARTS) is 1. The van der Waals surface area contributed by atoms with Gasteiger partial charge < -0.3 is 15.1 Å². The lowest BCUT2D eigenvalue weighted by atomic mass is 10.0. The Labute approximate surface area is 161 Å². The van der Waals surface area contributed by atoms with Crippen molar-refractivity contribution in [2.45, 2.75) is 70.4 Å². The van der Waals surface area contributed by atoms with Crippen LogP contribution in [-0.2, 0) is 16.0 Å². The molecule has 1 aromatic carbocycles. The number of benzene rings is 1. The lowest BCUT2D eigenvalue weighted by Crippen LogP contribution is -2.32. The highest BCUT2D eigenvalue weighted by molar-refractivity contribution is 5.79. The zero-order valence-electron chi connectivity index (χ0n) is 16.1. The van der Waals surface area contributed by atoms with Crippen molar-refractivity contribution in [3.05, 3.63) is 47.5 Å². The molecule has 1 fully saturated rings. The number of likely N-dealkylation sites (tertiary alicyclic amines) is 1. The van der Waals surface area contributed by atoms with E-state index in [1.54, 1.807) is 0 Å². The number of aryl methyl sites for hydroxylation is 1. The lowest BCUT2D eigenvalue weighted by Gasteiger charge is -2.22. The Bertz CT molecular complexity index is 655. The Hall–Kier alpha value is -2.14. The van der Waals surface area contributed by atoms with Gasteiger partial charge in [-0.3, -0.25) is 9.59 Å². The second kappa shape index (κ2) is 10.9. The van der Waals surface area contributed by atoms with E-state index in [1.165, 1.54) is 5.56 Å². The number of hydrogen-bond acceptors (Lipinski definition) is 3. The molecule has 1 aliphatic heterocycles. The summed E-state index contributed by atoms with van der Waals surface area (Å²) in [7, 11) is 0. The fraction of sp³-hybridized carbons (Fsp3) is 0.545. The molecule has 2 rings (SSSR count). The van der Waals surface area contributed by atoms with Gasteiger partial charge in [0.05, 0.1) is 12.1 Å². The minimum Gasteiger partial charge on any atom is -0.481 e. The molecule has 148 valence electrons. The number of aliphatic carboxylic acids is 1. The predicted octanol–water partition coefficient (Wildman–Crippen LogP) is 3.48. The van der Waals surface area contributed by atoms with Crippen LogP contribution in [0.4, 0.5) is 0 Å². The average Bonchev–Trinajstić information content (AvgIpc) is 2.98. The summed E-state index contributed by atoms with van der Waals surface area (Å²) in [5.74, 6) is -0.581. The molecule has 0 bridgehead atoms. The molecule has 1 aromatic rings. The number of carbonyl (C=O) groups excluding carboxylic acids is 1. The van der Waals surface area contributed by atoms with Gasteiger partial charge in [-0.1, -0.05) is 49.3 Å². The number of amides is 1. The second-order valence-corrected chi connectivity index (χ2v) is 7.33. The summed E-state index contributed by atoms with van der Waals surface area (Å²) in [6.07, 6.45) is 8.77. The van der Waals surface area contributed by atoms with Crippen LogP contribution in [-0.4, -0.2) is 45.7 Å². The van der Waals surface area contributed by atoms with Gasteiger partial charge in [0.15, 0.2) is 0 Å². The highest BCUT2D eigenvalue weighted by Crippen LogP contribution is 2.21. The van der Waals surface area contributed by atoms with E-state index in [9.17, 15) is 14.7 Å². The maximum Gasteiger partial charge on any atom is 0.303 e. The van der Waals surface area contributed by atoms with Crippen LogP contribution in [0.2, 0.25) is 0 Å². The fourth-order valence-corrected chi connectivity index (χ4v) is 3.55. The first-order valence-electron chi connectivity index (χ1n) is 9.89. The van der Waals surface area contributed by atoms with E-state index < -0.39 is 12.1 Å². The van der Waals surface area contributed by atoms with E-state index in [1.807, 2.05) is 48.2 Å². The number of rotatable bonds is 11. The molecule has 1 aliphatic rings. The van der Waals surface area contributed by atoms with Crippen molar-refractivity contribution in [2.24, 2.45) is 0 Å². The average molecular weight is 373 g/mol. The molecule has 1 heterocycles. The quantitative estimate of drug-likeness (QED) is 0.460. The first-order chi connectivity index (χ1) is 13.0. The molecular formula is C22H31NO4. The van der Waals surface area contributed by atoms with Crippen LogP contribution in [0.1, 0.15) is 56.1 Å². The second-order valence-electron chi connectivity index (χ2n) is 7.33. The number of unbranched alkanes of at least 4 members (excludes halogenated alkanes) is 3. The van der Waals surface area contributed by atoms with Gasteiger partial charge in [-0.25, -0.2) is 0 Å². The van der Waals surface area contributed by atoms with E-state index in [4.69, 9.17) is 5.11 Å². The Morgan fingerprint density at radius 2 is 2.00 bits per heavy atom. The van der Waals surface area contributed by atoms with Crippen LogP contribution in [0.15, 0.2) is 36.4 Å². The van der Waals surface area contributed by atoms with Crippen LogP contribution in [0.5, 0.6) is 0 Å². The largest absolute Gasteiger partial charge is 0.481 e. The van der Waals surface area contributed by atoms with E-state index in [0.717, 1.165) is 31.2 Å². The summed E-state index contributed by atoms with van der Waals surface area (Å²) < 4.78 is 0. The minimum atomic E-state index is -0.751. The first kappa shape index (κ1) is 21.2. The molecule has 0 saturated carbocycles. The summed E-state index contributed by atoms with van der Waals surface area (Å²) in [5.41, 5.74) is 2.31. The summed E-state index contributed by atoms with van der Waals surface area (Å²) in [4.78, 5) is 24.5. The van der Waals surface area contributed by atoms with Crippen molar-refractivity contribution in [1.82, 2.24) is 4.90 Å². The van der Waals surface area contributed by atoms with Crippen molar-refractivity contribution in [2.75, 3.05) is 6.54 Å². The van der Waals surface area contributed by atoms with E-state index in [2.05, 4.69) is 0 Å². The van der Waals surface area contributed by atoms with Gasteiger partial charge in [0.2, 0.25) is 5.91 Å². The Balaban J connectivity index is 1.78. The molecule has 0 unspecified atom stereocenters. The number of carbonyl (C=O) groups is 2. The topological polar surface area (TPSA) is 77.8 Å². The number of carboxylic acids is 1. The summed E-state index contributed by atoms with van der Waals surface area (Å²) in [6, 6.07) is 8.10. The molecule has 1 saturated heterocycles. The predicted molar refractivity (Wildman–Crippen MR) is 105 cm³/mol. The monoisotopic (exact) mass is 373 g/mol. The zero-order chi connectivity index (χ0) is 19.6. The zero-order valence-corrected chi connectivity index (χ0v) is 16.1. The Morgan fingerprint density at radius 1 is 1.26 bits per heavy atom. The lowest BCUT2D eigenvalue weighted by molar-refractivity contribution is -0.137. The van der Waals surface area contributed by atoms with E-state index in [-0.39, 0.29) is 18.4 Å². The smallest absolute Gasteiger partial charge is 0.303 e. The molecule has 0 radical (unpaired) electrons. The van der Waals surface area contributed by atoms with Crippen molar-refractivity contribution in [3.63, 3.8) is 0 Å². The van der Waals surface area contributed by atoms with Crippen molar-refractivity contribution in [3.8, 4) is 0 Å². The van der Waals surface area contributed by atoms with Crippen molar-refractivity contribution in [1.29, 1.82) is 0 Å². The first-order valence-corrected chi connectivity index (χ1v) is 9.89. The van der Waals surface area contributed by atoms with Crippen molar-refractivity contribution < 1.29 is 19.8 Å². The van der Waals surface area contributed by atoms with Crippen LogP contribution < -0.4 is 0 Å². The summed E-state index contributed by atoms with van der Waals surface area (Å²) in [6.45, 7) is 2.74. The van der Waals surface area contributed by atoms with Gasteiger partial charge in [0.1, 0.15) is 0 Å². The van der Waals surface area contributed by atoms with Crippen LogP contribution in [0.25, 0.3) is 0 Å². The van der Waals surface area contributed by atoms with Gasteiger partial charge in [0.25, 0.3) is 0 Å². The molecule has 0 aliphatic carbocycles. The highest BCUT2D eigenvalue weighted by Gasteiger charge is 2.28. The number of nitrogens with zero attached hydrogens (tertiary/aromatic N) is 1. The molecule has 27 heavy (non-hydrogen) atoms. The molecule has 5 heteroatoms. The highest BCUT2D eigenvalue weighted by atomic mass is 16.4. The van der Waals surface area contributed by atoms with Gasteiger partial charge in [-0.15, -0.1) is 0 Å². The molecule has 2 N–H and O–H groups in total. The number of aliphatic hydroxyl groups excluding tert-OH is 1. The van der Waals surface area contributed by atoms with Crippen molar-refractivity contribution >= 4 is 11.9 Å². The molecule has 5 nitrogen and oxygen atoms in total. The van der Waals surface area contributed by atoms with Gasteiger partial charge in [-0.05, 0) is 37.3 Å². The molecule has 0 spiro atoms. The minimum absolute atomic E-state index is 0.0584. The fourth-order valence-electron chi connectivity index (χ4n) is 3.55. The molecule has 0 aromatic heterocycles. The van der Waals surface area contributed by atoms with E-state index >= 15 is 0 Å². The Morgan fingerprint density at radius 3 is 2.74 bits per heavy atom. The van der Waals surface area contributed by atoms with Gasteiger partial charge in [-0.2, -0.15) is 0 Å². The van der Waals surface area contributed by atoms with Crippen LogP contribution in [0.3, 0.4) is 0 Å². The maximum atomic E-state index is 12.1. The number of aliphatic hydroxyl groups is 1. The molecule has 2 atom stereocenters. The van der Waals surface area contributed by atoms with Crippen LogP contribution in [0, 0.1) is 6.92 Å². The Kier molecular flexibility index (Phi) is 8.52. The summed E-state index contributed by atoms with van der Waals surface area (Å²) in [5, 5.41) is 19.0. The third-order valence-corrected chi connectivity index (χ3v) is 5.16. The standard InChI is InChI=1S/C22H31NO4/c1-17-8-5-6-9-18(17)16-20(24)13-11-19-12-14-21(25)23(19)15-7-3-2-4-10-22(26)27/h5-6,8-9,11,13,19-20,24H,2-4,7,10,12,14-16H2,1H3,(H,26,27)/b13-11+/t19-,20+/m0/s1. The third-order valence-electron chi connectivity index (χ3n) is 5.16. The third kappa shape index (κ3) is 7.18. The van der Waals surface area contributed by atoms with Crippen LogP contribution >= 0.6 is 0 Å². The molecule has 1 amide bonds. The summed E-state index contributed by atoms with van der Waals surface area (Å²) >= 11 is 0. The molecular weight excluding hydrogens is 342 g/mol.